The van der Waals surface area contributed by atoms with Crippen molar-refractivity contribution in [2.24, 2.45) is 5.73 Å². The van der Waals surface area contributed by atoms with Gasteiger partial charge in [-0.2, -0.15) is 5.10 Å². The van der Waals surface area contributed by atoms with Crippen molar-refractivity contribution in [3.63, 3.8) is 0 Å². The second-order valence-corrected chi connectivity index (χ2v) is 5.45. The Morgan fingerprint density at radius 1 is 1.21 bits per heavy atom. The molecular formula is C14H19ClN4. The van der Waals surface area contributed by atoms with Crippen molar-refractivity contribution in [3.8, 4) is 0 Å². The molecular weight excluding hydrogens is 260 g/mol. The molecule has 1 unspecified atom stereocenters. The summed E-state index contributed by atoms with van der Waals surface area (Å²) >= 11 is 5.87. The Balaban J connectivity index is 1.99. The third kappa shape index (κ3) is 3.78. The topological polar surface area (TPSA) is 56.7 Å². The van der Waals surface area contributed by atoms with Crippen LogP contribution in [0.3, 0.4) is 0 Å². The van der Waals surface area contributed by atoms with Crippen LogP contribution in [0.1, 0.15) is 31.3 Å². The number of halogens is 1. The van der Waals surface area contributed by atoms with E-state index in [1.54, 1.807) is 6.33 Å². The monoisotopic (exact) mass is 278 g/mol. The van der Waals surface area contributed by atoms with Crippen molar-refractivity contribution >= 4 is 11.6 Å². The van der Waals surface area contributed by atoms with Gasteiger partial charge in [-0.15, -0.1) is 0 Å². The highest BCUT2D eigenvalue weighted by atomic mass is 35.5. The molecule has 4 nitrogen and oxygen atoms in total. The summed E-state index contributed by atoms with van der Waals surface area (Å²) in [4.78, 5) is 4.28. The zero-order chi connectivity index (χ0) is 13.8. The molecule has 0 aliphatic heterocycles. The third-order valence-corrected chi connectivity index (χ3v) is 3.24. The van der Waals surface area contributed by atoms with Gasteiger partial charge in [0.2, 0.25) is 0 Å². The molecule has 0 amide bonds. The summed E-state index contributed by atoms with van der Waals surface area (Å²) in [6.07, 6.45) is 3.12. The predicted molar refractivity (Wildman–Crippen MR) is 77.2 cm³/mol. The van der Waals surface area contributed by atoms with Crippen LogP contribution in [-0.4, -0.2) is 20.8 Å². The molecule has 5 heteroatoms. The fraction of sp³-hybridized carbons (Fsp3) is 0.429. The van der Waals surface area contributed by atoms with Gasteiger partial charge < -0.3 is 5.73 Å². The number of aromatic nitrogens is 3. The smallest absolute Gasteiger partial charge is 0.138 e. The molecule has 1 aromatic carbocycles. The van der Waals surface area contributed by atoms with E-state index >= 15 is 0 Å². The third-order valence-electron chi connectivity index (χ3n) is 2.99. The lowest BCUT2D eigenvalue weighted by Gasteiger charge is -2.14. The van der Waals surface area contributed by atoms with Crippen LogP contribution in [0.4, 0.5) is 0 Å². The fourth-order valence-corrected chi connectivity index (χ4v) is 2.21. The van der Waals surface area contributed by atoms with Crippen molar-refractivity contribution in [1.82, 2.24) is 14.8 Å². The molecule has 19 heavy (non-hydrogen) atoms. The van der Waals surface area contributed by atoms with E-state index in [4.69, 9.17) is 17.3 Å². The van der Waals surface area contributed by atoms with Gasteiger partial charge in [-0.25, -0.2) is 9.67 Å². The lowest BCUT2D eigenvalue weighted by atomic mass is 10.0. The minimum atomic E-state index is 0.0304. The summed E-state index contributed by atoms with van der Waals surface area (Å²) < 4.78 is 1.92. The molecule has 2 N–H and O–H groups in total. The zero-order valence-electron chi connectivity index (χ0n) is 11.3. The van der Waals surface area contributed by atoms with E-state index in [1.807, 2.05) is 28.9 Å². The molecule has 0 aliphatic carbocycles. The Hall–Kier alpha value is -1.39. The molecule has 0 bridgehead atoms. The SMILES string of the molecule is CC(C)n1ncnc1CC(N)Cc1ccc(Cl)cc1. The van der Waals surface area contributed by atoms with E-state index in [9.17, 15) is 0 Å². The quantitative estimate of drug-likeness (QED) is 0.915. The number of nitrogens with zero attached hydrogens (tertiary/aromatic N) is 3. The minimum Gasteiger partial charge on any atom is -0.327 e. The van der Waals surface area contributed by atoms with Crippen molar-refractivity contribution in [2.45, 2.75) is 38.8 Å². The normalized spacial score (nSPS) is 12.9. The molecule has 1 aromatic heterocycles. The van der Waals surface area contributed by atoms with Gasteiger partial charge in [0.15, 0.2) is 0 Å². The molecule has 0 spiro atoms. The van der Waals surface area contributed by atoms with Gasteiger partial charge in [0.1, 0.15) is 12.2 Å². The summed E-state index contributed by atoms with van der Waals surface area (Å²) in [5.74, 6) is 0.941. The minimum absolute atomic E-state index is 0.0304. The van der Waals surface area contributed by atoms with E-state index in [1.165, 1.54) is 5.56 Å². The number of hydrogen-bond donors (Lipinski definition) is 1. The van der Waals surface area contributed by atoms with Crippen molar-refractivity contribution in [3.05, 3.63) is 47.0 Å². The Morgan fingerprint density at radius 3 is 2.53 bits per heavy atom. The first kappa shape index (κ1) is 14.0. The maximum atomic E-state index is 6.19. The van der Waals surface area contributed by atoms with Gasteiger partial charge in [0.05, 0.1) is 0 Å². The average molecular weight is 279 g/mol. The van der Waals surface area contributed by atoms with Gasteiger partial charge in [0.25, 0.3) is 0 Å². The van der Waals surface area contributed by atoms with E-state index in [2.05, 4.69) is 23.9 Å². The molecule has 2 aromatic rings. The summed E-state index contributed by atoms with van der Waals surface area (Å²) in [6.45, 7) is 4.17. The van der Waals surface area contributed by atoms with Crippen LogP contribution in [0.15, 0.2) is 30.6 Å². The van der Waals surface area contributed by atoms with Crippen LogP contribution < -0.4 is 5.73 Å². The maximum Gasteiger partial charge on any atom is 0.138 e. The average Bonchev–Trinajstić information content (AvgIpc) is 2.80. The molecule has 0 radical (unpaired) electrons. The van der Waals surface area contributed by atoms with Crippen molar-refractivity contribution < 1.29 is 0 Å². The van der Waals surface area contributed by atoms with Gasteiger partial charge in [-0.1, -0.05) is 23.7 Å². The summed E-state index contributed by atoms with van der Waals surface area (Å²) in [6, 6.07) is 8.13. The summed E-state index contributed by atoms with van der Waals surface area (Å²) in [5.41, 5.74) is 7.38. The maximum absolute atomic E-state index is 6.19. The van der Waals surface area contributed by atoms with Gasteiger partial charge >= 0.3 is 0 Å². The van der Waals surface area contributed by atoms with Crippen LogP contribution in [0.5, 0.6) is 0 Å². The predicted octanol–water partition coefficient (Wildman–Crippen LogP) is 2.62. The number of nitrogens with two attached hydrogens (primary N) is 1. The first-order chi connectivity index (χ1) is 9.06. The molecule has 2 rings (SSSR count). The van der Waals surface area contributed by atoms with Crippen LogP contribution in [-0.2, 0) is 12.8 Å². The van der Waals surface area contributed by atoms with Crippen molar-refractivity contribution in [2.75, 3.05) is 0 Å². The van der Waals surface area contributed by atoms with Gasteiger partial charge in [0, 0.05) is 23.5 Å². The first-order valence-corrected chi connectivity index (χ1v) is 6.82. The highest BCUT2D eigenvalue weighted by Gasteiger charge is 2.12. The Morgan fingerprint density at radius 2 is 1.89 bits per heavy atom. The highest BCUT2D eigenvalue weighted by molar-refractivity contribution is 6.30. The Kier molecular flexibility index (Phi) is 4.56. The summed E-state index contributed by atoms with van der Waals surface area (Å²) in [7, 11) is 0. The van der Waals surface area contributed by atoms with E-state index in [0.29, 0.717) is 6.04 Å². The standard InChI is InChI=1S/C14H19ClN4/c1-10(2)19-14(17-9-18-19)8-13(16)7-11-3-5-12(15)6-4-11/h3-6,9-10,13H,7-8,16H2,1-2H3. The van der Waals surface area contributed by atoms with Crippen LogP contribution >= 0.6 is 11.6 Å². The van der Waals surface area contributed by atoms with E-state index in [-0.39, 0.29) is 6.04 Å². The molecule has 0 saturated carbocycles. The molecule has 0 aliphatic rings. The molecule has 102 valence electrons. The number of hydrogen-bond acceptors (Lipinski definition) is 3. The van der Waals surface area contributed by atoms with E-state index < -0.39 is 0 Å². The lowest BCUT2D eigenvalue weighted by Crippen LogP contribution is -2.27. The highest BCUT2D eigenvalue weighted by Crippen LogP contribution is 2.13. The van der Waals surface area contributed by atoms with E-state index in [0.717, 1.165) is 23.7 Å². The number of benzene rings is 1. The van der Waals surface area contributed by atoms with Crippen LogP contribution in [0.25, 0.3) is 0 Å². The van der Waals surface area contributed by atoms with Crippen molar-refractivity contribution in [1.29, 1.82) is 0 Å². The number of rotatable bonds is 5. The molecule has 0 fully saturated rings. The fourth-order valence-electron chi connectivity index (χ4n) is 2.08. The Bertz CT molecular complexity index is 518. The zero-order valence-corrected chi connectivity index (χ0v) is 12.0. The van der Waals surface area contributed by atoms with Gasteiger partial charge in [-0.3, -0.25) is 0 Å². The largest absolute Gasteiger partial charge is 0.327 e. The van der Waals surface area contributed by atoms with Crippen LogP contribution in [0, 0.1) is 0 Å². The molecule has 1 atom stereocenters. The second kappa shape index (κ2) is 6.17. The molecule has 1 heterocycles. The Labute approximate surface area is 118 Å². The molecule has 0 saturated heterocycles. The summed E-state index contributed by atoms with van der Waals surface area (Å²) in [5, 5.41) is 4.97. The lowest BCUT2D eigenvalue weighted by molar-refractivity contribution is 0.489. The second-order valence-electron chi connectivity index (χ2n) is 5.01. The van der Waals surface area contributed by atoms with Crippen LogP contribution in [0.2, 0.25) is 5.02 Å². The first-order valence-electron chi connectivity index (χ1n) is 6.44. The van der Waals surface area contributed by atoms with Gasteiger partial charge in [-0.05, 0) is 38.0 Å².